The molecule has 5 heteroatoms. The molecule has 0 radical (unpaired) electrons. The predicted octanol–water partition coefficient (Wildman–Crippen LogP) is 2.37. The Morgan fingerprint density at radius 2 is 2.22 bits per heavy atom. The van der Waals surface area contributed by atoms with E-state index in [9.17, 15) is 9.50 Å². The molecule has 3 atom stereocenters. The van der Waals surface area contributed by atoms with Crippen LogP contribution in [0.15, 0.2) is 18.3 Å². The van der Waals surface area contributed by atoms with Crippen molar-refractivity contribution in [1.82, 2.24) is 10.3 Å². The van der Waals surface area contributed by atoms with Gasteiger partial charge in [-0.2, -0.15) is 11.8 Å². The Bertz CT molecular complexity index is 343. The molecule has 0 saturated carbocycles. The van der Waals surface area contributed by atoms with Gasteiger partial charge in [0.2, 0.25) is 0 Å². The molecule has 0 aliphatic heterocycles. The van der Waals surface area contributed by atoms with Gasteiger partial charge in [-0.1, -0.05) is 6.92 Å². The van der Waals surface area contributed by atoms with E-state index in [1.807, 2.05) is 13.2 Å². The van der Waals surface area contributed by atoms with Crippen LogP contribution in [0.4, 0.5) is 4.39 Å². The number of nitrogens with zero attached hydrogens (tertiary/aromatic N) is 1. The molecule has 1 aromatic heterocycles. The molecule has 102 valence electrons. The van der Waals surface area contributed by atoms with Crippen LogP contribution in [0.2, 0.25) is 0 Å². The van der Waals surface area contributed by atoms with Crippen molar-refractivity contribution in [2.24, 2.45) is 0 Å². The second-order valence-electron chi connectivity index (χ2n) is 4.27. The van der Waals surface area contributed by atoms with Gasteiger partial charge in [0, 0.05) is 17.3 Å². The second kappa shape index (κ2) is 7.71. The van der Waals surface area contributed by atoms with Crippen molar-refractivity contribution < 1.29 is 9.50 Å². The summed E-state index contributed by atoms with van der Waals surface area (Å²) < 4.78 is 12.8. The zero-order chi connectivity index (χ0) is 13.5. The minimum Gasteiger partial charge on any atom is -0.395 e. The van der Waals surface area contributed by atoms with Crippen molar-refractivity contribution in [3.8, 4) is 0 Å². The van der Waals surface area contributed by atoms with Gasteiger partial charge in [0.15, 0.2) is 0 Å². The lowest BCUT2D eigenvalue weighted by atomic mass is 10.1. The van der Waals surface area contributed by atoms with Crippen molar-refractivity contribution in [2.45, 2.75) is 37.6 Å². The van der Waals surface area contributed by atoms with Crippen LogP contribution in [0.1, 0.15) is 32.0 Å². The first kappa shape index (κ1) is 15.4. The highest BCUT2D eigenvalue weighted by atomic mass is 32.2. The number of rotatable bonds is 7. The van der Waals surface area contributed by atoms with Gasteiger partial charge in [0.05, 0.1) is 18.5 Å². The summed E-state index contributed by atoms with van der Waals surface area (Å²) in [5.74, 6) is -0.320. The Balaban J connectivity index is 2.69. The normalized spacial score (nSPS) is 16.3. The fraction of sp³-hybridized carbons (Fsp3) is 0.615. The molecule has 18 heavy (non-hydrogen) atoms. The fourth-order valence-corrected chi connectivity index (χ4v) is 2.50. The molecule has 3 unspecified atom stereocenters. The zero-order valence-electron chi connectivity index (χ0n) is 11.1. The number of nitrogens with one attached hydrogen (secondary N) is 1. The van der Waals surface area contributed by atoms with Crippen LogP contribution < -0.4 is 5.32 Å². The summed E-state index contributed by atoms with van der Waals surface area (Å²) >= 11 is 1.64. The molecule has 0 aromatic carbocycles. The maximum absolute atomic E-state index is 12.8. The lowest BCUT2D eigenvalue weighted by Gasteiger charge is -2.26. The lowest BCUT2D eigenvalue weighted by molar-refractivity contribution is 0.269. The molecule has 0 aliphatic rings. The molecule has 2 N–H and O–H groups in total. The van der Waals surface area contributed by atoms with E-state index in [2.05, 4.69) is 17.2 Å². The molecular formula is C13H21FN2OS. The highest BCUT2D eigenvalue weighted by molar-refractivity contribution is 7.99. The maximum Gasteiger partial charge on any atom is 0.141 e. The van der Waals surface area contributed by atoms with E-state index in [-0.39, 0.29) is 29.8 Å². The average molecular weight is 272 g/mol. The largest absolute Gasteiger partial charge is 0.395 e. The van der Waals surface area contributed by atoms with Crippen molar-refractivity contribution in [1.29, 1.82) is 0 Å². The SMILES string of the molecule is CCC(NC(C)C(CO)SC)c1ccc(F)cn1. The molecule has 1 rings (SSSR count). The van der Waals surface area contributed by atoms with Crippen LogP contribution in [-0.2, 0) is 0 Å². The summed E-state index contributed by atoms with van der Waals surface area (Å²) in [4.78, 5) is 4.11. The lowest BCUT2D eigenvalue weighted by Crippen LogP contribution is -2.39. The number of aliphatic hydroxyl groups is 1. The number of pyridine rings is 1. The van der Waals surface area contributed by atoms with Gasteiger partial charge in [0.1, 0.15) is 5.82 Å². The third kappa shape index (κ3) is 4.23. The van der Waals surface area contributed by atoms with E-state index >= 15 is 0 Å². The summed E-state index contributed by atoms with van der Waals surface area (Å²) in [7, 11) is 0. The molecule has 1 heterocycles. The summed E-state index contributed by atoms with van der Waals surface area (Å²) in [5, 5.41) is 12.9. The number of thioether (sulfide) groups is 1. The van der Waals surface area contributed by atoms with Crippen LogP contribution in [0.25, 0.3) is 0 Å². The molecule has 0 saturated heterocycles. The Kier molecular flexibility index (Phi) is 6.60. The van der Waals surface area contributed by atoms with Crippen LogP contribution in [-0.4, -0.2) is 34.2 Å². The predicted molar refractivity (Wildman–Crippen MR) is 74.2 cm³/mol. The van der Waals surface area contributed by atoms with Crippen LogP contribution in [0.3, 0.4) is 0 Å². The Morgan fingerprint density at radius 3 is 2.67 bits per heavy atom. The van der Waals surface area contributed by atoms with Gasteiger partial charge in [-0.3, -0.25) is 4.98 Å². The second-order valence-corrected chi connectivity index (χ2v) is 5.35. The third-order valence-electron chi connectivity index (χ3n) is 3.02. The summed E-state index contributed by atoms with van der Waals surface area (Å²) in [6, 6.07) is 3.38. The molecule has 0 fully saturated rings. The van der Waals surface area contributed by atoms with Crippen molar-refractivity contribution >= 4 is 11.8 Å². The molecule has 0 amide bonds. The minimum absolute atomic E-state index is 0.0850. The first-order valence-electron chi connectivity index (χ1n) is 6.13. The van der Waals surface area contributed by atoms with Gasteiger partial charge < -0.3 is 10.4 Å². The first-order chi connectivity index (χ1) is 8.62. The highest BCUT2D eigenvalue weighted by Crippen LogP contribution is 2.18. The summed E-state index contributed by atoms with van der Waals surface area (Å²) in [6.45, 7) is 4.24. The van der Waals surface area contributed by atoms with Gasteiger partial charge in [-0.25, -0.2) is 4.39 Å². The maximum atomic E-state index is 12.8. The monoisotopic (exact) mass is 272 g/mol. The number of aromatic nitrogens is 1. The Morgan fingerprint density at radius 1 is 1.50 bits per heavy atom. The first-order valence-corrected chi connectivity index (χ1v) is 7.42. The topological polar surface area (TPSA) is 45.1 Å². The number of halogens is 1. The Labute approximate surface area is 112 Å². The van der Waals surface area contributed by atoms with E-state index in [0.717, 1.165) is 12.1 Å². The van der Waals surface area contributed by atoms with Gasteiger partial charge in [-0.15, -0.1) is 0 Å². The van der Waals surface area contributed by atoms with E-state index < -0.39 is 0 Å². The van der Waals surface area contributed by atoms with Crippen LogP contribution >= 0.6 is 11.8 Å². The molecule has 1 aromatic rings. The quantitative estimate of drug-likeness (QED) is 0.800. The molecule has 0 spiro atoms. The standard InChI is InChI=1S/C13H21FN2OS/c1-4-11(12-6-5-10(14)7-15-12)16-9(2)13(8-17)18-3/h5-7,9,11,13,16-17H,4,8H2,1-3H3. The van der Waals surface area contributed by atoms with Crippen molar-refractivity contribution in [3.63, 3.8) is 0 Å². The smallest absolute Gasteiger partial charge is 0.141 e. The number of hydrogen-bond acceptors (Lipinski definition) is 4. The number of hydrogen-bond donors (Lipinski definition) is 2. The fourth-order valence-electron chi connectivity index (χ4n) is 1.87. The minimum atomic E-state index is -0.320. The van der Waals surface area contributed by atoms with Crippen LogP contribution in [0.5, 0.6) is 0 Å². The molecule has 0 aliphatic carbocycles. The zero-order valence-corrected chi connectivity index (χ0v) is 11.9. The highest BCUT2D eigenvalue weighted by Gasteiger charge is 2.19. The van der Waals surface area contributed by atoms with Gasteiger partial charge >= 0.3 is 0 Å². The third-order valence-corrected chi connectivity index (χ3v) is 4.18. The van der Waals surface area contributed by atoms with E-state index in [1.165, 1.54) is 12.3 Å². The van der Waals surface area contributed by atoms with Gasteiger partial charge in [0.25, 0.3) is 0 Å². The summed E-state index contributed by atoms with van der Waals surface area (Å²) in [5.41, 5.74) is 0.837. The van der Waals surface area contributed by atoms with Crippen molar-refractivity contribution in [2.75, 3.05) is 12.9 Å². The summed E-state index contributed by atoms with van der Waals surface area (Å²) in [6.07, 6.45) is 4.09. The van der Waals surface area contributed by atoms with E-state index in [4.69, 9.17) is 0 Å². The van der Waals surface area contributed by atoms with Crippen molar-refractivity contribution in [3.05, 3.63) is 29.8 Å². The van der Waals surface area contributed by atoms with E-state index in [1.54, 1.807) is 17.8 Å². The molecule has 0 bridgehead atoms. The number of aliphatic hydroxyl groups excluding tert-OH is 1. The van der Waals surface area contributed by atoms with Gasteiger partial charge in [-0.05, 0) is 31.7 Å². The van der Waals surface area contributed by atoms with Crippen LogP contribution in [0, 0.1) is 5.82 Å². The molecule has 3 nitrogen and oxygen atoms in total. The molecular weight excluding hydrogens is 251 g/mol. The van der Waals surface area contributed by atoms with E-state index in [0.29, 0.717) is 0 Å². The average Bonchev–Trinajstić information content (AvgIpc) is 2.38. The Hall–Kier alpha value is -0.650.